The Morgan fingerprint density at radius 3 is 2.72 bits per heavy atom. The number of fused-ring (bicyclic) bond motifs is 2. The predicted molar refractivity (Wildman–Crippen MR) is 122 cm³/mol. The summed E-state index contributed by atoms with van der Waals surface area (Å²) in [4.78, 5) is 45.1. The van der Waals surface area contributed by atoms with E-state index in [4.69, 9.17) is 4.98 Å². The fourth-order valence-electron chi connectivity index (χ4n) is 4.68. The van der Waals surface area contributed by atoms with Crippen molar-refractivity contribution in [2.75, 3.05) is 13.1 Å². The quantitative estimate of drug-likeness (QED) is 0.754. The molecule has 0 aliphatic carbocycles. The molecule has 1 atom stereocenters. The highest BCUT2D eigenvalue weighted by atomic mass is 16.2. The second kappa shape index (κ2) is 9.67. The maximum Gasteiger partial charge on any atom is 0.259 e. The van der Waals surface area contributed by atoms with Gasteiger partial charge in [-0.1, -0.05) is 44.2 Å². The molecule has 0 unspecified atom stereocenters. The van der Waals surface area contributed by atoms with Crippen molar-refractivity contribution < 1.29 is 9.59 Å². The molecule has 7 nitrogen and oxygen atoms in total. The lowest BCUT2D eigenvalue weighted by Crippen LogP contribution is -2.45. The van der Waals surface area contributed by atoms with Gasteiger partial charge in [-0.25, -0.2) is 4.98 Å². The lowest BCUT2D eigenvalue weighted by Gasteiger charge is -2.32. The Balaban J connectivity index is 1.52. The fourth-order valence-corrected chi connectivity index (χ4v) is 4.68. The van der Waals surface area contributed by atoms with Crippen molar-refractivity contribution in [3.8, 4) is 0 Å². The highest BCUT2D eigenvalue weighted by Gasteiger charge is 2.30. The Morgan fingerprint density at radius 2 is 1.97 bits per heavy atom. The first-order valence-electron chi connectivity index (χ1n) is 11.6. The van der Waals surface area contributed by atoms with E-state index in [2.05, 4.69) is 5.32 Å². The summed E-state index contributed by atoms with van der Waals surface area (Å²) in [5.41, 5.74) is 2.38. The first-order valence-corrected chi connectivity index (χ1v) is 11.6. The fraction of sp³-hybridized carbons (Fsp3) is 0.520. The van der Waals surface area contributed by atoms with Gasteiger partial charge in [-0.15, -0.1) is 0 Å². The molecule has 2 aliphatic rings. The van der Waals surface area contributed by atoms with Crippen LogP contribution in [0.15, 0.2) is 35.1 Å². The number of hydrogen-bond donors (Lipinski definition) is 1. The van der Waals surface area contributed by atoms with Gasteiger partial charge in [0.2, 0.25) is 11.8 Å². The number of benzene rings is 1. The van der Waals surface area contributed by atoms with Crippen LogP contribution in [0.2, 0.25) is 0 Å². The van der Waals surface area contributed by atoms with Crippen molar-refractivity contribution in [1.82, 2.24) is 19.8 Å². The lowest BCUT2D eigenvalue weighted by molar-refractivity contribution is -0.131. The van der Waals surface area contributed by atoms with E-state index in [0.717, 1.165) is 36.3 Å². The van der Waals surface area contributed by atoms with Crippen LogP contribution in [0.1, 0.15) is 61.8 Å². The van der Waals surface area contributed by atoms with E-state index >= 15 is 0 Å². The second-order valence-electron chi connectivity index (χ2n) is 9.30. The maximum absolute atomic E-state index is 13.5. The third-order valence-corrected chi connectivity index (χ3v) is 6.32. The van der Waals surface area contributed by atoms with Gasteiger partial charge in [0.1, 0.15) is 5.82 Å². The Morgan fingerprint density at radius 1 is 1.19 bits per heavy atom. The van der Waals surface area contributed by atoms with Crippen molar-refractivity contribution in [2.45, 2.75) is 65.0 Å². The maximum atomic E-state index is 13.5. The molecule has 1 aromatic carbocycles. The van der Waals surface area contributed by atoms with Crippen LogP contribution in [0, 0.1) is 5.92 Å². The summed E-state index contributed by atoms with van der Waals surface area (Å²) in [6.07, 6.45) is 3.99. The Hall–Kier alpha value is -2.96. The Labute approximate surface area is 188 Å². The van der Waals surface area contributed by atoms with Gasteiger partial charge >= 0.3 is 0 Å². The summed E-state index contributed by atoms with van der Waals surface area (Å²) >= 11 is 0. The van der Waals surface area contributed by atoms with Crippen LogP contribution in [-0.2, 0) is 35.4 Å². The van der Waals surface area contributed by atoms with E-state index in [1.165, 1.54) is 0 Å². The van der Waals surface area contributed by atoms with Crippen molar-refractivity contribution in [1.29, 1.82) is 0 Å². The minimum Gasteiger partial charge on any atom is -0.354 e. The molecule has 2 aromatic rings. The van der Waals surface area contributed by atoms with Gasteiger partial charge in [-0.05, 0) is 24.3 Å². The molecule has 0 fully saturated rings. The molecule has 0 radical (unpaired) electrons. The molecule has 0 spiro atoms. The van der Waals surface area contributed by atoms with Crippen molar-refractivity contribution in [2.24, 2.45) is 5.92 Å². The number of nitrogens with one attached hydrogen (secondary N) is 1. The predicted octanol–water partition coefficient (Wildman–Crippen LogP) is 2.41. The van der Waals surface area contributed by atoms with Crippen LogP contribution >= 0.6 is 0 Å². The summed E-state index contributed by atoms with van der Waals surface area (Å²) in [5, 5.41) is 3.00. The molecule has 32 heavy (non-hydrogen) atoms. The number of carbonyl (C=O) groups excluding carboxylic acids is 2. The van der Waals surface area contributed by atoms with E-state index in [1.54, 1.807) is 9.47 Å². The molecule has 0 saturated heterocycles. The third-order valence-electron chi connectivity index (χ3n) is 6.32. The van der Waals surface area contributed by atoms with Gasteiger partial charge < -0.3 is 10.2 Å². The van der Waals surface area contributed by atoms with Crippen molar-refractivity contribution >= 4 is 11.8 Å². The van der Waals surface area contributed by atoms with E-state index in [0.29, 0.717) is 50.4 Å². The number of aryl methyl sites for hydroxylation is 1. The molecule has 1 aromatic heterocycles. The normalized spacial score (nSPS) is 17.6. The van der Waals surface area contributed by atoms with Crippen LogP contribution in [0.3, 0.4) is 0 Å². The number of nitrogens with zero attached hydrogens (tertiary/aromatic N) is 3. The zero-order valence-corrected chi connectivity index (χ0v) is 19.0. The van der Waals surface area contributed by atoms with Gasteiger partial charge in [0.05, 0.1) is 30.3 Å². The molecule has 2 amide bonds. The van der Waals surface area contributed by atoms with E-state index in [9.17, 15) is 14.4 Å². The zero-order valence-electron chi connectivity index (χ0n) is 19.0. The average molecular weight is 437 g/mol. The van der Waals surface area contributed by atoms with Gasteiger partial charge in [0, 0.05) is 32.4 Å². The minimum atomic E-state index is -0.0874. The monoisotopic (exact) mass is 436 g/mol. The van der Waals surface area contributed by atoms with Gasteiger partial charge in [0.15, 0.2) is 0 Å². The molecule has 170 valence electrons. The molecule has 1 N–H and O–H groups in total. The number of carbonyl (C=O) groups is 2. The van der Waals surface area contributed by atoms with E-state index in [1.807, 2.05) is 44.2 Å². The van der Waals surface area contributed by atoms with Crippen molar-refractivity contribution in [3.63, 3.8) is 0 Å². The molecule has 3 heterocycles. The topological polar surface area (TPSA) is 84.3 Å². The first-order chi connectivity index (χ1) is 15.4. The average Bonchev–Trinajstić information content (AvgIpc) is 2.77. The van der Waals surface area contributed by atoms with Gasteiger partial charge in [-0.2, -0.15) is 0 Å². The molecule has 7 heteroatoms. The van der Waals surface area contributed by atoms with Crippen LogP contribution in [0.4, 0.5) is 0 Å². The number of hydrogen-bond acceptors (Lipinski definition) is 4. The highest BCUT2D eigenvalue weighted by molar-refractivity contribution is 5.79. The molecular formula is C25H32N4O3. The largest absolute Gasteiger partial charge is 0.354 e. The van der Waals surface area contributed by atoms with Crippen molar-refractivity contribution in [3.05, 3.63) is 63.3 Å². The first kappa shape index (κ1) is 22.2. The van der Waals surface area contributed by atoms with Gasteiger partial charge in [0.25, 0.3) is 5.56 Å². The second-order valence-corrected chi connectivity index (χ2v) is 9.30. The standard InChI is InChI=1S/C25H32N4O3/c1-17(2)13-23(30)26-15-19-9-6-10-22-27-21-11-12-28(16-20(21)25(32)29(19)22)24(31)14-18-7-4-3-5-8-18/h3-5,7-8,17,19H,6,9-16H2,1-2H3,(H,26,30)/t19-/m1/s1. The minimum absolute atomic E-state index is 0.0174. The summed E-state index contributed by atoms with van der Waals surface area (Å²) in [6.45, 7) is 5.36. The highest BCUT2D eigenvalue weighted by Crippen LogP contribution is 2.24. The molecular weight excluding hydrogens is 404 g/mol. The molecule has 0 bridgehead atoms. The molecule has 0 saturated carbocycles. The summed E-state index contributed by atoms with van der Waals surface area (Å²) in [5.74, 6) is 1.15. The summed E-state index contributed by atoms with van der Waals surface area (Å²) < 4.78 is 1.78. The van der Waals surface area contributed by atoms with Crippen LogP contribution in [0.5, 0.6) is 0 Å². The summed E-state index contributed by atoms with van der Waals surface area (Å²) in [7, 11) is 0. The Kier molecular flexibility index (Phi) is 6.72. The zero-order chi connectivity index (χ0) is 22.7. The smallest absolute Gasteiger partial charge is 0.259 e. The number of rotatable bonds is 6. The lowest BCUT2D eigenvalue weighted by atomic mass is 10.00. The van der Waals surface area contributed by atoms with E-state index < -0.39 is 0 Å². The van der Waals surface area contributed by atoms with Gasteiger partial charge in [-0.3, -0.25) is 19.0 Å². The molecule has 2 aliphatic heterocycles. The van der Waals surface area contributed by atoms with Crippen LogP contribution in [-0.4, -0.2) is 39.4 Å². The summed E-state index contributed by atoms with van der Waals surface area (Å²) in [6, 6.07) is 9.59. The SMILES string of the molecule is CC(C)CC(=O)NC[C@H]1CCCc2nc3c(c(=O)n21)CN(C(=O)Cc1ccccc1)CC3. The third kappa shape index (κ3) is 4.92. The van der Waals surface area contributed by atoms with E-state index in [-0.39, 0.29) is 23.4 Å². The number of amides is 2. The molecule has 4 rings (SSSR count). The number of aromatic nitrogens is 2. The van der Waals surface area contributed by atoms with Crippen LogP contribution < -0.4 is 10.9 Å². The van der Waals surface area contributed by atoms with Crippen LogP contribution in [0.25, 0.3) is 0 Å². The Bertz CT molecular complexity index is 1050.